The molecule has 0 unspecified atom stereocenters. The number of carbonyl (C=O) groups is 1. The van der Waals surface area contributed by atoms with Gasteiger partial charge in [0.2, 0.25) is 0 Å². The SMILES string of the molecule is CCOC(=O)c1ccc(N)c(NCC(C)(C)SC)c1. The van der Waals surface area contributed by atoms with Crippen LogP contribution in [0.3, 0.4) is 0 Å². The van der Waals surface area contributed by atoms with Gasteiger partial charge in [-0.3, -0.25) is 0 Å². The van der Waals surface area contributed by atoms with Gasteiger partial charge in [-0.25, -0.2) is 4.79 Å². The van der Waals surface area contributed by atoms with Crippen molar-refractivity contribution < 1.29 is 9.53 Å². The molecule has 0 aliphatic heterocycles. The average Bonchev–Trinajstić information content (AvgIpc) is 2.38. The molecule has 0 spiro atoms. The number of benzene rings is 1. The first-order valence-electron chi connectivity index (χ1n) is 6.25. The van der Waals surface area contributed by atoms with Gasteiger partial charge in [0.1, 0.15) is 0 Å². The normalized spacial score (nSPS) is 11.2. The summed E-state index contributed by atoms with van der Waals surface area (Å²) in [5, 5.41) is 3.29. The second-order valence-electron chi connectivity index (χ2n) is 4.84. The number of thioether (sulfide) groups is 1. The van der Waals surface area contributed by atoms with Crippen LogP contribution in [0.2, 0.25) is 0 Å². The molecule has 0 atom stereocenters. The van der Waals surface area contributed by atoms with Crippen LogP contribution in [0.15, 0.2) is 18.2 Å². The molecular weight excluding hydrogens is 260 g/mol. The summed E-state index contributed by atoms with van der Waals surface area (Å²) >= 11 is 1.78. The van der Waals surface area contributed by atoms with Gasteiger partial charge in [-0.15, -0.1) is 0 Å². The van der Waals surface area contributed by atoms with E-state index in [1.165, 1.54) is 0 Å². The number of hydrogen-bond acceptors (Lipinski definition) is 5. The smallest absolute Gasteiger partial charge is 0.338 e. The maximum atomic E-state index is 11.7. The summed E-state index contributed by atoms with van der Waals surface area (Å²) < 4.78 is 5.08. The van der Waals surface area contributed by atoms with Crippen LogP contribution in [0, 0.1) is 0 Å². The highest BCUT2D eigenvalue weighted by atomic mass is 32.2. The van der Waals surface area contributed by atoms with E-state index in [2.05, 4.69) is 25.4 Å². The molecule has 0 radical (unpaired) electrons. The van der Waals surface area contributed by atoms with Crippen LogP contribution in [0.1, 0.15) is 31.1 Å². The highest BCUT2D eigenvalue weighted by molar-refractivity contribution is 7.99. The molecule has 0 aromatic heterocycles. The molecular formula is C14H22N2O2S. The molecule has 0 aliphatic carbocycles. The van der Waals surface area contributed by atoms with E-state index in [1.807, 2.05) is 0 Å². The molecule has 0 aliphatic rings. The van der Waals surface area contributed by atoms with Gasteiger partial charge in [-0.1, -0.05) is 0 Å². The number of anilines is 2. The molecule has 5 heteroatoms. The number of esters is 1. The zero-order valence-corrected chi connectivity index (χ0v) is 12.8. The minimum atomic E-state index is -0.324. The first-order chi connectivity index (χ1) is 8.89. The molecule has 0 heterocycles. The Kier molecular flexibility index (Phi) is 5.54. The van der Waals surface area contributed by atoms with Crippen LogP contribution in [-0.2, 0) is 4.74 Å². The van der Waals surface area contributed by atoms with Crippen molar-refractivity contribution in [3.05, 3.63) is 23.8 Å². The lowest BCUT2D eigenvalue weighted by Gasteiger charge is -2.23. The van der Waals surface area contributed by atoms with Crippen molar-refractivity contribution in [2.75, 3.05) is 30.5 Å². The minimum absolute atomic E-state index is 0.104. The first-order valence-corrected chi connectivity index (χ1v) is 7.47. The molecule has 3 N–H and O–H groups in total. The van der Waals surface area contributed by atoms with Crippen molar-refractivity contribution in [1.82, 2.24) is 0 Å². The Bertz CT molecular complexity index is 447. The molecule has 0 saturated heterocycles. The fourth-order valence-electron chi connectivity index (χ4n) is 1.43. The van der Waals surface area contributed by atoms with Gasteiger partial charge in [0.15, 0.2) is 0 Å². The van der Waals surface area contributed by atoms with Crippen LogP contribution in [0.25, 0.3) is 0 Å². The highest BCUT2D eigenvalue weighted by Gasteiger charge is 2.16. The minimum Gasteiger partial charge on any atom is -0.462 e. The van der Waals surface area contributed by atoms with Crippen LogP contribution in [0.5, 0.6) is 0 Å². The molecule has 1 aromatic rings. The van der Waals surface area contributed by atoms with Crippen molar-refractivity contribution >= 4 is 29.1 Å². The zero-order valence-electron chi connectivity index (χ0n) is 11.9. The number of nitrogen functional groups attached to an aromatic ring is 1. The van der Waals surface area contributed by atoms with Gasteiger partial charge in [0.25, 0.3) is 0 Å². The monoisotopic (exact) mass is 282 g/mol. The second-order valence-corrected chi connectivity index (χ2v) is 6.35. The van der Waals surface area contributed by atoms with Crippen LogP contribution < -0.4 is 11.1 Å². The summed E-state index contributed by atoms with van der Waals surface area (Å²) in [4.78, 5) is 11.7. The summed E-state index contributed by atoms with van der Waals surface area (Å²) in [6.07, 6.45) is 2.07. The van der Waals surface area contributed by atoms with Crippen molar-refractivity contribution in [3.63, 3.8) is 0 Å². The third-order valence-electron chi connectivity index (χ3n) is 2.82. The van der Waals surface area contributed by atoms with Gasteiger partial charge in [0.05, 0.1) is 23.5 Å². The van der Waals surface area contributed by atoms with Gasteiger partial charge in [-0.2, -0.15) is 11.8 Å². The molecule has 4 nitrogen and oxygen atoms in total. The van der Waals surface area contributed by atoms with E-state index in [4.69, 9.17) is 10.5 Å². The summed E-state index contributed by atoms with van der Waals surface area (Å²) in [6, 6.07) is 5.14. The summed E-state index contributed by atoms with van der Waals surface area (Å²) in [5.41, 5.74) is 7.83. The quantitative estimate of drug-likeness (QED) is 0.620. The third-order valence-corrected chi connectivity index (χ3v) is 4.07. The maximum Gasteiger partial charge on any atom is 0.338 e. The van der Waals surface area contributed by atoms with E-state index in [9.17, 15) is 4.79 Å². The van der Waals surface area contributed by atoms with Crippen molar-refractivity contribution in [2.24, 2.45) is 0 Å². The van der Waals surface area contributed by atoms with Crippen molar-refractivity contribution in [2.45, 2.75) is 25.5 Å². The van der Waals surface area contributed by atoms with E-state index >= 15 is 0 Å². The molecule has 0 amide bonds. The molecule has 106 valence electrons. The molecule has 0 saturated carbocycles. The molecule has 1 aromatic carbocycles. The lowest BCUT2D eigenvalue weighted by molar-refractivity contribution is 0.0526. The number of rotatable bonds is 6. The largest absolute Gasteiger partial charge is 0.462 e. The highest BCUT2D eigenvalue weighted by Crippen LogP contribution is 2.25. The Morgan fingerprint density at radius 1 is 1.47 bits per heavy atom. The van der Waals surface area contributed by atoms with Gasteiger partial charge in [0, 0.05) is 11.3 Å². The van der Waals surface area contributed by atoms with E-state index < -0.39 is 0 Å². The number of ether oxygens (including phenoxy) is 1. The van der Waals surface area contributed by atoms with E-state index in [1.54, 1.807) is 36.9 Å². The van der Waals surface area contributed by atoms with Crippen LogP contribution >= 0.6 is 11.8 Å². The molecule has 0 bridgehead atoms. The van der Waals surface area contributed by atoms with E-state index in [-0.39, 0.29) is 10.7 Å². The fraction of sp³-hybridized carbons (Fsp3) is 0.500. The van der Waals surface area contributed by atoms with Gasteiger partial charge >= 0.3 is 5.97 Å². The van der Waals surface area contributed by atoms with E-state index in [0.29, 0.717) is 17.9 Å². The molecule has 1 rings (SSSR count). The topological polar surface area (TPSA) is 64.3 Å². The van der Waals surface area contributed by atoms with Crippen molar-refractivity contribution in [3.8, 4) is 0 Å². The standard InChI is InChI=1S/C14H22N2O2S/c1-5-18-13(17)10-6-7-11(15)12(8-10)16-9-14(2,3)19-4/h6-8,16H,5,9,15H2,1-4H3. The predicted molar refractivity (Wildman–Crippen MR) is 82.9 cm³/mol. The maximum absolute atomic E-state index is 11.7. The Morgan fingerprint density at radius 3 is 2.74 bits per heavy atom. The summed E-state index contributed by atoms with van der Waals surface area (Å²) in [6.45, 7) is 7.22. The summed E-state index contributed by atoms with van der Waals surface area (Å²) in [7, 11) is 0. The zero-order chi connectivity index (χ0) is 14.5. The lowest BCUT2D eigenvalue weighted by Crippen LogP contribution is -2.26. The molecule has 19 heavy (non-hydrogen) atoms. The Morgan fingerprint density at radius 2 is 2.16 bits per heavy atom. The third kappa shape index (κ3) is 4.67. The van der Waals surface area contributed by atoms with Crippen LogP contribution in [0.4, 0.5) is 11.4 Å². The first kappa shape index (κ1) is 15.7. The average molecular weight is 282 g/mol. The second kappa shape index (κ2) is 6.70. The lowest BCUT2D eigenvalue weighted by atomic mass is 10.1. The predicted octanol–water partition coefficient (Wildman–Crippen LogP) is 3.00. The molecule has 0 fully saturated rings. The Hall–Kier alpha value is -1.36. The number of hydrogen-bond donors (Lipinski definition) is 2. The Balaban J connectivity index is 2.83. The summed E-state index contributed by atoms with van der Waals surface area (Å²) in [5.74, 6) is -0.324. The van der Waals surface area contributed by atoms with E-state index in [0.717, 1.165) is 12.2 Å². The van der Waals surface area contributed by atoms with Gasteiger partial charge < -0.3 is 15.8 Å². The van der Waals surface area contributed by atoms with Crippen LogP contribution in [-0.4, -0.2) is 30.1 Å². The number of nitrogens with one attached hydrogen (secondary N) is 1. The fourth-order valence-corrected chi connectivity index (χ4v) is 1.65. The van der Waals surface area contributed by atoms with Crippen molar-refractivity contribution in [1.29, 1.82) is 0 Å². The number of nitrogens with two attached hydrogens (primary N) is 1. The Labute approximate surface area is 119 Å². The number of carbonyl (C=O) groups excluding carboxylic acids is 1. The van der Waals surface area contributed by atoms with Gasteiger partial charge in [-0.05, 0) is 45.2 Å².